The minimum atomic E-state index is -4.79. The lowest BCUT2D eigenvalue weighted by molar-refractivity contribution is -0.143. The highest BCUT2D eigenvalue weighted by Gasteiger charge is 2.39. The highest BCUT2D eigenvalue weighted by molar-refractivity contribution is 5.37. The van der Waals surface area contributed by atoms with Crippen LogP contribution < -0.4 is 0 Å². The van der Waals surface area contributed by atoms with Crippen LogP contribution in [0.4, 0.5) is 17.6 Å². The van der Waals surface area contributed by atoms with Crippen molar-refractivity contribution < 1.29 is 17.6 Å². The molecule has 0 atom stereocenters. The van der Waals surface area contributed by atoms with Crippen LogP contribution in [0.1, 0.15) is 17.0 Å². The van der Waals surface area contributed by atoms with Gasteiger partial charge in [0, 0.05) is 0 Å². The second-order valence-corrected chi connectivity index (χ2v) is 4.00. The summed E-state index contributed by atoms with van der Waals surface area (Å²) in [6, 6.07) is 6.69. The molecule has 18 heavy (non-hydrogen) atoms. The highest BCUT2D eigenvalue weighted by Crippen LogP contribution is 2.32. The van der Waals surface area contributed by atoms with Crippen LogP contribution in [0.2, 0.25) is 0 Å². The van der Waals surface area contributed by atoms with Gasteiger partial charge in [0.25, 0.3) is 0 Å². The van der Waals surface area contributed by atoms with E-state index < -0.39 is 17.7 Å². The van der Waals surface area contributed by atoms with Crippen molar-refractivity contribution in [3.05, 3.63) is 47.0 Å². The van der Waals surface area contributed by atoms with Gasteiger partial charge in [-0.05, 0) is 31.5 Å². The Morgan fingerprint density at radius 1 is 1.17 bits per heavy atom. The quantitative estimate of drug-likeness (QED) is 0.714. The van der Waals surface area contributed by atoms with Gasteiger partial charge in [-0.25, -0.2) is 9.07 Å². The maximum Gasteiger partial charge on any atom is 0.438 e. The van der Waals surface area contributed by atoms with Crippen molar-refractivity contribution in [2.45, 2.75) is 20.0 Å². The van der Waals surface area contributed by atoms with Gasteiger partial charge in [0.2, 0.25) is 5.69 Å². The Labute approximate surface area is 101 Å². The van der Waals surface area contributed by atoms with Gasteiger partial charge in [0.05, 0.1) is 11.4 Å². The number of benzene rings is 1. The lowest BCUT2D eigenvalue weighted by Gasteiger charge is -2.04. The number of rotatable bonds is 1. The van der Waals surface area contributed by atoms with Crippen LogP contribution in [-0.2, 0) is 6.18 Å². The second-order valence-electron chi connectivity index (χ2n) is 4.00. The third-order valence-corrected chi connectivity index (χ3v) is 2.56. The molecular formula is C12H10F4N2. The van der Waals surface area contributed by atoms with Crippen LogP contribution in [0.15, 0.2) is 24.3 Å². The Bertz CT molecular complexity index is 584. The largest absolute Gasteiger partial charge is 0.438 e. The fraction of sp³-hybridized carbons (Fsp3) is 0.250. The van der Waals surface area contributed by atoms with Gasteiger partial charge in [0.15, 0.2) is 5.82 Å². The van der Waals surface area contributed by atoms with E-state index in [1.54, 1.807) is 31.2 Å². The lowest BCUT2D eigenvalue weighted by atomic mass is 10.2. The van der Waals surface area contributed by atoms with Crippen LogP contribution in [0, 0.1) is 19.7 Å². The highest BCUT2D eigenvalue weighted by atomic mass is 19.4. The van der Waals surface area contributed by atoms with E-state index in [1.165, 1.54) is 6.92 Å². The molecule has 0 unspecified atom stereocenters. The first kappa shape index (κ1) is 12.6. The number of aromatic nitrogens is 2. The molecule has 0 radical (unpaired) electrons. The fourth-order valence-corrected chi connectivity index (χ4v) is 1.68. The van der Waals surface area contributed by atoms with Crippen molar-refractivity contribution in [2.24, 2.45) is 0 Å². The summed E-state index contributed by atoms with van der Waals surface area (Å²) in [5.41, 5.74) is -0.382. The minimum Gasteiger partial charge on any atom is -0.234 e. The first-order valence-corrected chi connectivity index (χ1v) is 5.20. The molecular weight excluding hydrogens is 248 g/mol. The van der Waals surface area contributed by atoms with Crippen molar-refractivity contribution in [3.63, 3.8) is 0 Å². The first-order chi connectivity index (χ1) is 8.30. The van der Waals surface area contributed by atoms with Gasteiger partial charge >= 0.3 is 6.18 Å². The number of aryl methyl sites for hydroxylation is 1. The molecule has 0 aliphatic rings. The molecule has 0 saturated carbocycles. The molecule has 2 nitrogen and oxygen atoms in total. The summed E-state index contributed by atoms with van der Waals surface area (Å²) in [5.74, 6) is -1.33. The molecule has 1 heterocycles. The summed E-state index contributed by atoms with van der Waals surface area (Å²) >= 11 is 0. The van der Waals surface area contributed by atoms with E-state index in [0.29, 0.717) is 5.69 Å². The molecule has 1 aromatic carbocycles. The molecule has 0 aliphatic heterocycles. The van der Waals surface area contributed by atoms with Crippen molar-refractivity contribution in [3.8, 4) is 5.69 Å². The van der Waals surface area contributed by atoms with Gasteiger partial charge in [-0.3, -0.25) is 0 Å². The standard InChI is InChI=1S/C12H10F4N2/c1-7-4-3-5-9(6-7)18-8(2)10(13)11(17-18)12(14,15)16/h3-6H,1-2H3. The topological polar surface area (TPSA) is 17.8 Å². The molecule has 0 N–H and O–H groups in total. The smallest absolute Gasteiger partial charge is 0.234 e. The van der Waals surface area contributed by atoms with E-state index in [-0.39, 0.29) is 5.69 Å². The summed E-state index contributed by atoms with van der Waals surface area (Å²) in [6.07, 6.45) is -4.79. The molecule has 6 heteroatoms. The Morgan fingerprint density at radius 3 is 2.33 bits per heavy atom. The van der Waals surface area contributed by atoms with E-state index >= 15 is 0 Å². The van der Waals surface area contributed by atoms with E-state index in [4.69, 9.17) is 0 Å². The van der Waals surface area contributed by atoms with Crippen molar-refractivity contribution in [2.75, 3.05) is 0 Å². The molecule has 0 amide bonds. The van der Waals surface area contributed by atoms with Crippen LogP contribution in [0.25, 0.3) is 5.69 Å². The first-order valence-electron chi connectivity index (χ1n) is 5.20. The predicted octanol–water partition coefficient (Wildman–Crippen LogP) is 3.65. The Morgan fingerprint density at radius 2 is 1.83 bits per heavy atom. The molecule has 0 spiro atoms. The molecule has 0 bridgehead atoms. The second kappa shape index (κ2) is 4.12. The van der Waals surface area contributed by atoms with Crippen LogP contribution in [-0.4, -0.2) is 9.78 Å². The zero-order chi connectivity index (χ0) is 13.5. The Hall–Kier alpha value is -1.85. The normalized spacial score (nSPS) is 11.9. The monoisotopic (exact) mass is 258 g/mol. The van der Waals surface area contributed by atoms with Crippen LogP contribution in [0.5, 0.6) is 0 Å². The van der Waals surface area contributed by atoms with E-state index in [9.17, 15) is 17.6 Å². The molecule has 2 aromatic rings. The summed E-state index contributed by atoms with van der Waals surface area (Å²) in [5, 5.41) is 3.31. The summed E-state index contributed by atoms with van der Waals surface area (Å²) in [6.45, 7) is 3.06. The van der Waals surface area contributed by atoms with Crippen molar-refractivity contribution in [1.82, 2.24) is 9.78 Å². The van der Waals surface area contributed by atoms with Gasteiger partial charge in [0.1, 0.15) is 0 Å². The van der Waals surface area contributed by atoms with Gasteiger partial charge in [-0.15, -0.1) is 0 Å². The summed E-state index contributed by atoms with van der Waals surface area (Å²) < 4.78 is 52.0. The molecule has 1 aromatic heterocycles. The lowest BCUT2D eigenvalue weighted by Crippen LogP contribution is -2.09. The third kappa shape index (κ3) is 2.10. The number of alkyl halides is 3. The number of hydrogen-bond donors (Lipinski definition) is 0. The average Bonchev–Trinajstić information content (AvgIpc) is 2.55. The SMILES string of the molecule is Cc1cccc(-n2nc(C(F)(F)F)c(F)c2C)c1. The molecule has 0 aliphatic carbocycles. The molecule has 0 saturated heterocycles. The predicted molar refractivity (Wildman–Crippen MR) is 58.0 cm³/mol. The Balaban J connectivity index is 2.60. The third-order valence-electron chi connectivity index (χ3n) is 2.56. The Kier molecular flexibility index (Phi) is 2.88. The number of halogens is 4. The van der Waals surface area contributed by atoms with Gasteiger partial charge in [-0.2, -0.15) is 18.3 Å². The maximum absolute atomic E-state index is 13.5. The van der Waals surface area contributed by atoms with E-state index in [0.717, 1.165) is 10.2 Å². The molecule has 96 valence electrons. The minimum absolute atomic E-state index is 0.159. The summed E-state index contributed by atoms with van der Waals surface area (Å²) in [4.78, 5) is 0. The molecule has 0 fully saturated rings. The van der Waals surface area contributed by atoms with Crippen molar-refractivity contribution >= 4 is 0 Å². The zero-order valence-electron chi connectivity index (χ0n) is 9.72. The van der Waals surface area contributed by atoms with Crippen LogP contribution >= 0.6 is 0 Å². The van der Waals surface area contributed by atoms with Crippen molar-refractivity contribution in [1.29, 1.82) is 0 Å². The van der Waals surface area contributed by atoms with Gasteiger partial charge in [-0.1, -0.05) is 12.1 Å². The van der Waals surface area contributed by atoms with Gasteiger partial charge < -0.3 is 0 Å². The van der Waals surface area contributed by atoms with Crippen LogP contribution in [0.3, 0.4) is 0 Å². The number of nitrogens with zero attached hydrogens (tertiary/aromatic N) is 2. The summed E-state index contributed by atoms with van der Waals surface area (Å²) in [7, 11) is 0. The van der Waals surface area contributed by atoms with E-state index in [2.05, 4.69) is 5.10 Å². The molecule has 2 rings (SSSR count). The number of hydrogen-bond acceptors (Lipinski definition) is 1. The maximum atomic E-state index is 13.5. The fourth-order valence-electron chi connectivity index (χ4n) is 1.68. The van der Waals surface area contributed by atoms with E-state index in [1.807, 2.05) is 0 Å². The average molecular weight is 258 g/mol. The zero-order valence-corrected chi connectivity index (χ0v) is 9.72.